The zero-order valence-corrected chi connectivity index (χ0v) is 14.6. The summed E-state index contributed by atoms with van der Waals surface area (Å²) in [6, 6.07) is 3.74. The van der Waals surface area contributed by atoms with Gasteiger partial charge in [0.2, 0.25) is 0 Å². The molecule has 0 bridgehead atoms. The molecule has 2 saturated carbocycles. The summed E-state index contributed by atoms with van der Waals surface area (Å²) in [6.45, 7) is 7.63. The third-order valence-corrected chi connectivity index (χ3v) is 6.60. The summed E-state index contributed by atoms with van der Waals surface area (Å²) in [5, 5.41) is 0.299. The van der Waals surface area contributed by atoms with E-state index in [0.717, 1.165) is 36.2 Å². The van der Waals surface area contributed by atoms with Crippen molar-refractivity contribution in [3.05, 3.63) is 53.7 Å². The molecule has 0 heterocycles. The van der Waals surface area contributed by atoms with Gasteiger partial charge in [0.25, 0.3) is 0 Å². The molecule has 0 amide bonds. The smallest absolute Gasteiger partial charge is 0.0344 e. The lowest BCUT2D eigenvalue weighted by Gasteiger charge is -2.38. The molecule has 0 unspecified atom stereocenters. The first-order valence-electron chi connectivity index (χ1n) is 9.02. The van der Waals surface area contributed by atoms with Crippen molar-refractivity contribution in [2.24, 2.45) is 17.8 Å². The third kappa shape index (κ3) is 3.60. The first kappa shape index (κ1) is 16.9. The predicted octanol–water partition coefficient (Wildman–Crippen LogP) is 6.93. The molecule has 23 heavy (non-hydrogen) atoms. The summed E-state index contributed by atoms with van der Waals surface area (Å²) in [7, 11) is 0. The Labute approximate surface area is 145 Å². The maximum absolute atomic E-state index is 14.0. The van der Waals surface area contributed by atoms with E-state index in [1.54, 1.807) is 6.07 Å². The van der Waals surface area contributed by atoms with Crippen LogP contribution in [0.4, 0.5) is 4.39 Å². The van der Waals surface area contributed by atoms with Crippen molar-refractivity contribution in [2.75, 3.05) is 0 Å². The SMILES string of the molecule is C=CC1CCC(C2CCC(c3ccc([CH2-])c(F)c3Cl)CC2)CC1. The van der Waals surface area contributed by atoms with Crippen LogP contribution in [-0.4, -0.2) is 0 Å². The fourth-order valence-corrected chi connectivity index (χ4v) is 5.01. The van der Waals surface area contributed by atoms with E-state index in [9.17, 15) is 4.39 Å². The zero-order valence-electron chi connectivity index (χ0n) is 13.9. The average molecular weight is 334 g/mol. The Bertz CT molecular complexity index is 549. The van der Waals surface area contributed by atoms with E-state index >= 15 is 0 Å². The molecule has 0 aromatic heterocycles. The highest BCUT2D eigenvalue weighted by atomic mass is 35.5. The maximum atomic E-state index is 14.0. The van der Waals surface area contributed by atoms with Gasteiger partial charge in [-0.2, -0.15) is 18.6 Å². The van der Waals surface area contributed by atoms with Crippen molar-refractivity contribution < 1.29 is 4.39 Å². The molecular formula is C21H27ClF-. The van der Waals surface area contributed by atoms with Crippen LogP contribution in [0.5, 0.6) is 0 Å². The average Bonchev–Trinajstić information content (AvgIpc) is 2.60. The van der Waals surface area contributed by atoms with Crippen LogP contribution < -0.4 is 0 Å². The van der Waals surface area contributed by atoms with Crippen molar-refractivity contribution in [3.8, 4) is 0 Å². The molecular weight excluding hydrogens is 307 g/mol. The summed E-state index contributed by atoms with van der Waals surface area (Å²) < 4.78 is 14.0. The van der Waals surface area contributed by atoms with Crippen LogP contribution in [-0.2, 0) is 0 Å². The molecule has 2 aliphatic carbocycles. The Morgan fingerprint density at radius 1 is 1.00 bits per heavy atom. The lowest BCUT2D eigenvalue weighted by atomic mass is 9.68. The first-order valence-corrected chi connectivity index (χ1v) is 9.40. The van der Waals surface area contributed by atoms with Gasteiger partial charge in [-0.3, -0.25) is 4.39 Å². The molecule has 1 aromatic carbocycles. The molecule has 0 nitrogen and oxygen atoms in total. The molecule has 0 spiro atoms. The summed E-state index contributed by atoms with van der Waals surface area (Å²) in [4.78, 5) is 0. The molecule has 0 saturated heterocycles. The lowest BCUT2D eigenvalue weighted by Crippen LogP contribution is -2.25. The number of rotatable bonds is 3. The van der Waals surface area contributed by atoms with Crippen LogP contribution >= 0.6 is 11.6 Å². The minimum atomic E-state index is -0.339. The fraction of sp³-hybridized carbons (Fsp3) is 0.571. The van der Waals surface area contributed by atoms with Crippen LogP contribution in [0, 0.1) is 30.5 Å². The molecule has 0 atom stereocenters. The maximum Gasteiger partial charge on any atom is 0.0344 e. The quantitative estimate of drug-likeness (QED) is 0.415. The number of hydrogen-bond acceptors (Lipinski definition) is 0. The fourth-order valence-electron chi connectivity index (χ4n) is 4.67. The second-order valence-electron chi connectivity index (χ2n) is 7.46. The number of halogens is 2. The summed E-state index contributed by atoms with van der Waals surface area (Å²) in [6.07, 6.45) is 12.3. The molecule has 126 valence electrons. The Hall–Kier alpha value is -0.950. The first-order chi connectivity index (χ1) is 11.1. The van der Waals surface area contributed by atoms with Gasteiger partial charge in [0, 0.05) is 10.8 Å². The highest BCUT2D eigenvalue weighted by molar-refractivity contribution is 6.31. The van der Waals surface area contributed by atoms with Crippen LogP contribution in [0.25, 0.3) is 0 Å². The van der Waals surface area contributed by atoms with E-state index in [4.69, 9.17) is 11.6 Å². The summed E-state index contributed by atoms with van der Waals surface area (Å²) in [5.74, 6) is 2.56. The van der Waals surface area contributed by atoms with Gasteiger partial charge in [-0.1, -0.05) is 17.7 Å². The summed E-state index contributed by atoms with van der Waals surface area (Å²) >= 11 is 6.22. The van der Waals surface area contributed by atoms with E-state index in [2.05, 4.69) is 19.6 Å². The van der Waals surface area contributed by atoms with Crippen LogP contribution in [0.1, 0.15) is 68.4 Å². The van der Waals surface area contributed by atoms with E-state index in [0.29, 0.717) is 16.5 Å². The minimum absolute atomic E-state index is 0.299. The second-order valence-corrected chi connectivity index (χ2v) is 7.84. The van der Waals surface area contributed by atoms with Crippen molar-refractivity contribution in [1.82, 2.24) is 0 Å². The third-order valence-electron chi connectivity index (χ3n) is 6.22. The van der Waals surface area contributed by atoms with Gasteiger partial charge in [-0.15, -0.1) is 12.6 Å². The largest absolute Gasteiger partial charge is 0.282 e. The zero-order chi connectivity index (χ0) is 16.4. The van der Waals surface area contributed by atoms with Gasteiger partial charge < -0.3 is 0 Å². The van der Waals surface area contributed by atoms with Crippen LogP contribution in [0.2, 0.25) is 5.02 Å². The molecule has 2 aliphatic rings. The number of benzene rings is 1. The van der Waals surface area contributed by atoms with Crippen molar-refractivity contribution >= 4 is 11.6 Å². The van der Waals surface area contributed by atoms with Gasteiger partial charge in [0.05, 0.1) is 0 Å². The lowest BCUT2D eigenvalue weighted by molar-refractivity contribution is 0.171. The second kappa shape index (κ2) is 7.30. The van der Waals surface area contributed by atoms with E-state index in [1.807, 2.05) is 6.07 Å². The molecule has 0 aliphatic heterocycles. The highest BCUT2D eigenvalue weighted by Crippen LogP contribution is 2.45. The van der Waals surface area contributed by atoms with Crippen molar-refractivity contribution in [3.63, 3.8) is 0 Å². The normalized spacial score (nSPS) is 31.7. The van der Waals surface area contributed by atoms with E-state index < -0.39 is 0 Å². The van der Waals surface area contributed by atoms with Gasteiger partial charge >= 0.3 is 0 Å². The summed E-state index contributed by atoms with van der Waals surface area (Å²) in [5.41, 5.74) is 1.39. The minimum Gasteiger partial charge on any atom is -0.282 e. The molecule has 2 fully saturated rings. The van der Waals surface area contributed by atoms with Gasteiger partial charge in [0.15, 0.2) is 0 Å². The standard InChI is InChI=1S/C21H27ClF/c1-3-15-5-7-16(8-6-15)17-9-11-18(12-10-17)19-13-4-14(2)21(23)20(19)22/h3-4,13,15-18H,1-2,5-12H2/q-1. The molecule has 3 rings (SSSR count). The Morgan fingerprint density at radius 3 is 2.13 bits per heavy atom. The monoisotopic (exact) mass is 333 g/mol. The molecule has 0 N–H and O–H groups in total. The Balaban J connectivity index is 1.59. The highest BCUT2D eigenvalue weighted by Gasteiger charge is 2.31. The topological polar surface area (TPSA) is 0 Å². The van der Waals surface area contributed by atoms with Gasteiger partial charge in [0.1, 0.15) is 0 Å². The van der Waals surface area contributed by atoms with Gasteiger partial charge in [-0.05, 0) is 80.6 Å². The Kier molecular flexibility index (Phi) is 5.36. The van der Waals surface area contributed by atoms with Gasteiger partial charge in [-0.25, -0.2) is 0 Å². The molecule has 1 aromatic rings. The van der Waals surface area contributed by atoms with Crippen LogP contribution in [0.3, 0.4) is 0 Å². The molecule has 2 heteroatoms. The predicted molar refractivity (Wildman–Crippen MR) is 96.2 cm³/mol. The molecule has 0 radical (unpaired) electrons. The van der Waals surface area contributed by atoms with E-state index in [-0.39, 0.29) is 5.82 Å². The Morgan fingerprint density at radius 2 is 1.57 bits per heavy atom. The number of allylic oxidation sites excluding steroid dienone is 1. The van der Waals surface area contributed by atoms with Crippen molar-refractivity contribution in [1.29, 1.82) is 0 Å². The van der Waals surface area contributed by atoms with Crippen LogP contribution in [0.15, 0.2) is 24.8 Å². The number of hydrogen-bond donors (Lipinski definition) is 0. The van der Waals surface area contributed by atoms with Crippen molar-refractivity contribution in [2.45, 2.75) is 57.3 Å². The van der Waals surface area contributed by atoms with E-state index in [1.165, 1.54) is 38.5 Å².